The van der Waals surface area contributed by atoms with Crippen molar-refractivity contribution in [1.82, 2.24) is 9.55 Å². The molecule has 0 saturated heterocycles. The molecule has 0 amide bonds. The lowest BCUT2D eigenvalue weighted by Gasteiger charge is -1.99. The molecule has 72 valence electrons. The molecule has 2 rings (SSSR count). The van der Waals surface area contributed by atoms with E-state index in [9.17, 15) is 0 Å². The van der Waals surface area contributed by atoms with E-state index in [4.69, 9.17) is 5.11 Å². The van der Waals surface area contributed by atoms with Gasteiger partial charge in [-0.1, -0.05) is 12.1 Å². The zero-order valence-electron chi connectivity index (χ0n) is 7.85. The number of hydrogen-bond acceptors (Lipinski definition) is 2. The van der Waals surface area contributed by atoms with Gasteiger partial charge < -0.3 is 9.67 Å². The molecule has 3 nitrogen and oxygen atoms in total. The third kappa shape index (κ3) is 1.42. The molecule has 0 saturated carbocycles. The Hall–Kier alpha value is -1.61. The summed E-state index contributed by atoms with van der Waals surface area (Å²) in [6.45, 7) is 4.51. The molecule has 0 bridgehead atoms. The molecule has 0 spiro atoms. The normalized spacial score (nSPS) is 10.6. The first-order valence-corrected chi connectivity index (χ1v) is 4.50. The first kappa shape index (κ1) is 8.97. The van der Waals surface area contributed by atoms with E-state index in [2.05, 4.69) is 11.6 Å². The molecule has 0 radical (unpaired) electrons. The van der Waals surface area contributed by atoms with Crippen molar-refractivity contribution in [2.45, 2.75) is 13.2 Å². The highest BCUT2D eigenvalue weighted by atomic mass is 16.3. The van der Waals surface area contributed by atoms with Gasteiger partial charge in [0.1, 0.15) is 0 Å². The Morgan fingerprint density at radius 3 is 3.07 bits per heavy atom. The summed E-state index contributed by atoms with van der Waals surface area (Å²) in [4.78, 5) is 4.25. The first-order chi connectivity index (χ1) is 6.85. The van der Waals surface area contributed by atoms with Gasteiger partial charge in [-0.3, -0.25) is 0 Å². The van der Waals surface area contributed by atoms with Crippen LogP contribution in [0.3, 0.4) is 0 Å². The summed E-state index contributed by atoms with van der Waals surface area (Å²) >= 11 is 0. The van der Waals surface area contributed by atoms with Crippen LogP contribution in [0.5, 0.6) is 0 Å². The quantitative estimate of drug-likeness (QED) is 0.745. The van der Waals surface area contributed by atoms with Gasteiger partial charge in [-0.25, -0.2) is 4.98 Å². The zero-order chi connectivity index (χ0) is 9.97. The van der Waals surface area contributed by atoms with Gasteiger partial charge in [0.15, 0.2) is 0 Å². The van der Waals surface area contributed by atoms with Crippen molar-refractivity contribution in [3.05, 3.63) is 42.7 Å². The van der Waals surface area contributed by atoms with Gasteiger partial charge in [-0.05, 0) is 17.7 Å². The minimum absolute atomic E-state index is 0.0598. The van der Waals surface area contributed by atoms with Gasteiger partial charge in [0, 0.05) is 6.54 Å². The maximum absolute atomic E-state index is 8.96. The van der Waals surface area contributed by atoms with Crippen LogP contribution in [0, 0.1) is 0 Å². The molecule has 0 fully saturated rings. The van der Waals surface area contributed by atoms with Crippen molar-refractivity contribution in [1.29, 1.82) is 0 Å². The van der Waals surface area contributed by atoms with E-state index in [0.29, 0.717) is 0 Å². The first-order valence-electron chi connectivity index (χ1n) is 4.50. The number of fused-ring (bicyclic) bond motifs is 1. The number of imidazole rings is 1. The van der Waals surface area contributed by atoms with Crippen molar-refractivity contribution in [3.63, 3.8) is 0 Å². The fourth-order valence-corrected chi connectivity index (χ4v) is 1.49. The maximum Gasteiger partial charge on any atom is 0.0961 e. The van der Waals surface area contributed by atoms with Gasteiger partial charge >= 0.3 is 0 Å². The van der Waals surface area contributed by atoms with Gasteiger partial charge in [-0.2, -0.15) is 0 Å². The van der Waals surface area contributed by atoms with Crippen LogP contribution in [0.2, 0.25) is 0 Å². The van der Waals surface area contributed by atoms with Crippen LogP contribution in [0.15, 0.2) is 37.2 Å². The summed E-state index contributed by atoms with van der Waals surface area (Å²) in [5.41, 5.74) is 2.88. The lowest BCUT2D eigenvalue weighted by molar-refractivity contribution is 0.282. The average molecular weight is 188 g/mol. The highest BCUT2D eigenvalue weighted by Crippen LogP contribution is 2.14. The Bertz CT molecular complexity index is 459. The summed E-state index contributed by atoms with van der Waals surface area (Å²) in [6.07, 6.45) is 3.62. The Morgan fingerprint density at radius 1 is 1.50 bits per heavy atom. The zero-order valence-corrected chi connectivity index (χ0v) is 7.85. The molecule has 1 heterocycles. The third-order valence-corrected chi connectivity index (χ3v) is 2.19. The topological polar surface area (TPSA) is 38.0 Å². The Kier molecular flexibility index (Phi) is 2.33. The molecule has 1 aromatic heterocycles. The summed E-state index contributed by atoms with van der Waals surface area (Å²) < 4.78 is 2.02. The molecule has 1 N–H and O–H groups in total. The smallest absolute Gasteiger partial charge is 0.0961 e. The largest absolute Gasteiger partial charge is 0.392 e. The standard InChI is InChI=1S/C11H12N2O/c1-2-5-13-8-12-10-6-9(7-14)3-4-11(10)13/h2-4,6,8,14H,1,5,7H2. The van der Waals surface area contributed by atoms with E-state index in [1.54, 1.807) is 6.33 Å². The van der Waals surface area contributed by atoms with Gasteiger partial charge in [-0.15, -0.1) is 6.58 Å². The molecule has 3 heteroatoms. The highest BCUT2D eigenvalue weighted by Gasteiger charge is 2.01. The SMILES string of the molecule is C=CCn1cnc2cc(CO)ccc21. The molecule has 0 atom stereocenters. The molecule has 0 aliphatic heterocycles. The van der Waals surface area contributed by atoms with Crippen molar-refractivity contribution in [3.8, 4) is 0 Å². The van der Waals surface area contributed by atoms with Crippen LogP contribution >= 0.6 is 0 Å². The monoisotopic (exact) mass is 188 g/mol. The minimum atomic E-state index is 0.0598. The molecular weight excluding hydrogens is 176 g/mol. The fourth-order valence-electron chi connectivity index (χ4n) is 1.49. The predicted octanol–water partition coefficient (Wildman–Crippen LogP) is 1.71. The van der Waals surface area contributed by atoms with Crippen LogP contribution in [0.1, 0.15) is 5.56 Å². The Morgan fingerprint density at radius 2 is 2.36 bits per heavy atom. The predicted molar refractivity (Wildman–Crippen MR) is 55.9 cm³/mol. The second kappa shape index (κ2) is 3.64. The van der Waals surface area contributed by atoms with E-state index in [1.165, 1.54) is 0 Å². The van der Waals surface area contributed by atoms with E-state index in [-0.39, 0.29) is 6.61 Å². The molecule has 14 heavy (non-hydrogen) atoms. The molecule has 1 aromatic carbocycles. The summed E-state index contributed by atoms with van der Waals surface area (Å²) in [5.74, 6) is 0. The van der Waals surface area contributed by atoms with Crippen molar-refractivity contribution >= 4 is 11.0 Å². The van der Waals surface area contributed by atoms with Crippen molar-refractivity contribution < 1.29 is 5.11 Å². The van der Waals surface area contributed by atoms with Crippen LogP contribution in [-0.2, 0) is 13.2 Å². The second-order valence-corrected chi connectivity index (χ2v) is 3.17. The molecule has 0 aliphatic carbocycles. The van der Waals surface area contributed by atoms with Gasteiger partial charge in [0.25, 0.3) is 0 Å². The average Bonchev–Trinajstić information content (AvgIpc) is 2.61. The second-order valence-electron chi connectivity index (χ2n) is 3.17. The van der Waals surface area contributed by atoms with Gasteiger partial charge in [0.05, 0.1) is 24.0 Å². The lowest BCUT2D eigenvalue weighted by atomic mass is 10.2. The van der Waals surface area contributed by atoms with Crippen molar-refractivity contribution in [2.75, 3.05) is 0 Å². The van der Waals surface area contributed by atoms with Crippen LogP contribution in [-0.4, -0.2) is 14.7 Å². The molecular formula is C11H12N2O. The molecule has 0 unspecified atom stereocenters. The number of benzene rings is 1. The van der Waals surface area contributed by atoms with E-state index in [0.717, 1.165) is 23.1 Å². The molecule has 2 aromatic rings. The Labute approximate surface area is 82.3 Å². The number of nitrogens with zero attached hydrogens (tertiary/aromatic N) is 2. The van der Waals surface area contributed by atoms with Crippen LogP contribution < -0.4 is 0 Å². The van der Waals surface area contributed by atoms with E-state index in [1.807, 2.05) is 28.8 Å². The summed E-state index contributed by atoms with van der Waals surface area (Å²) in [7, 11) is 0. The Balaban J connectivity index is 2.53. The number of aliphatic hydroxyl groups excluding tert-OH is 1. The number of rotatable bonds is 3. The number of aromatic nitrogens is 2. The van der Waals surface area contributed by atoms with Crippen LogP contribution in [0.4, 0.5) is 0 Å². The lowest BCUT2D eigenvalue weighted by Crippen LogP contribution is -1.92. The van der Waals surface area contributed by atoms with E-state index >= 15 is 0 Å². The fraction of sp³-hybridized carbons (Fsp3) is 0.182. The highest BCUT2D eigenvalue weighted by molar-refractivity contribution is 5.76. The van der Waals surface area contributed by atoms with Gasteiger partial charge in [0.2, 0.25) is 0 Å². The van der Waals surface area contributed by atoms with Crippen molar-refractivity contribution in [2.24, 2.45) is 0 Å². The van der Waals surface area contributed by atoms with E-state index < -0.39 is 0 Å². The number of allylic oxidation sites excluding steroid dienone is 1. The maximum atomic E-state index is 8.96. The summed E-state index contributed by atoms with van der Waals surface area (Å²) in [5, 5.41) is 8.96. The number of hydrogen-bond donors (Lipinski definition) is 1. The summed E-state index contributed by atoms with van der Waals surface area (Å²) in [6, 6.07) is 5.77. The number of aliphatic hydroxyl groups is 1. The molecule has 0 aliphatic rings. The van der Waals surface area contributed by atoms with Crippen LogP contribution in [0.25, 0.3) is 11.0 Å². The minimum Gasteiger partial charge on any atom is -0.392 e. The third-order valence-electron chi connectivity index (χ3n) is 2.19.